The normalized spacial score (nSPS) is 17.0. The molecule has 0 unspecified atom stereocenters. The lowest BCUT2D eigenvalue weighted by atomic mass is 10.0. The number of carbonyl (C=O) groups excluding carboxylic acids is 2. The number of aromatic amines is 1. The molecule has 1 saturated carbocycles. The van der Waals surface area contributed by atoms with Crippen molar-refractivity contribution in [2.75, 3.05) is 18.4 Å². The second kappa shape index (κ2) is 12.2. The summed E-state index contributed by atoms with van der Waals surface area (Å²) in [7, 11) is 0. The molecule has 11 nitrogen and oxygen atoms in total. The molecular formula is C28H32F3N9O2. The molecular weight excluding hydrogens is 551 g/mol. The van der Waals surface area contributed by atoms with Gasteiger partial charge in [-0.2, -0.15) is 18.3 Å². The predicted octanol–water partition coefficient (Wildman–Crippen LogP) is 3.81. The van der Waals surface area contributed by atoms with E-state index in [0.717, 1.165) is 24.8 Å². The predicted molar refractivity (Wildman–Crippen MR) is 150 cm³/mol. The van der Waals surface area contributed by atoms with Crippen molar-refractivity contribution in [3.63, 3.8) is 0 Å². The van der Waals surface area contributed by atoms with Crippen LogP contribution in [0.15, 0.2) is 43.0 Å². The van der Waals surface area contributed by atoms with Crippen molar-refractivity contribution in [1.82, 2.24) is 35.2 Å². The van der Waals surface area contributed by atoms with Crippen LogP contribution in [0.4, 0.5) is 24.7 Å². The molecule has 0 bridgehead atoms. The van der Waals surface area contributed by atoms with Crippen molar-refractivity contribution in [1.29, 1.82) is 0 Å². The van der Waals surface area contributed by atoms with Crippen LogP contribution in [0.25, 0.3) is 16.9 Å². The standard InChI is InChI=1S/C28H32F3N9O2/c1-2-16-13-19(6-7-20(16)27(42)35-9-3-8-34-26(41)17-4-5-18(32)12-17)38-24-25-36-15-22(40(25)11-10-33-24)21-14-37-39-23(21)28(29,30)31/h6-7,10-11,13-15,17-18H,2-5,8-9,12,32H2,1H3,(H,33,38)(H,34,41)(H,35,42)(H,37,39)/t17-,18+/m1/s1. The number of imidazole rings is 1. The van der Waals surface area contributed by atoms with E-state index in [0.29, 0.717) is 48.6 Å². The van der Waals surface area contributed by atoms with E-state index in [-0.39, 0.29) is 35.0 Å². The Hall–Kier alpha value is -4.46. The lowest BCUT2D eigenvalue weighted by Gasteiger charge is -2.13. The summed E-state index contributed by atoms with van der Waals surface area (Å²) in [4.78, 5) is 33.7. The summed E-state index contributed by atoms with van der Waals surface area (Å²) in [6, 6.07) is 5.36. The van der Waals surface area contributed by atoms with Crippen LogP contribution in [0.5, 0.6) is 0 Å². The number of nitrogens with one attached hydrogen (secondary N) is 4. The zero-order chi connectivity index (χ0) is 29.9. The van der Waals surface area contributed by atoms with Gasteiger partial charge in [0.2, 0.25) is 5.91 Å². The van der Waals surface area contributed by atoms with Crippen LogP contribution in [0.3, 0.4) is 0 Å². The van der Waals surface area contributed by atoms with Crippen LogP contribution in [0, 0.1) is 5.92 Å². The third kappa shape index (κ3) is 6.22. The topological polar surface area (TPSA) is 155 Å². The molecule has 3 heterocycles. The minimum absolute atomic E-state index is 0.0229. The van der Waals surface area contributed by atoms with Crippen LogP contribution < -0.4 is 21.7 Å². The van der Waals surface area contributed by atoms with Gasteiger partial charge in [-0.25, -0.2) is 9.97 Å². The van der Waals surface area contributed by atoms with Crippen molar-refractivity contribution in [3.8, 4) is 11.3 Å². The zero-order valence-corrected chi connectivity index (χ0v) is 23.0. The first kappa shape index (κ1) is 29.0. The fourth-order valence-corrected chi connectivity index (χ4v) is 5.23. The van der Waals surface area contributed by atoms with E-state index in [1.807, 2.05) is 13.0 Å². The van der Waals surface area contributed by atoms with Gasteiger partial charge in [-0.3, -0.25) is 19.1 Å². The number of alkyl halides is 3. The van der Waals surface area contributed by atoms with E-state index in [9.17, 15) is 22.8 Å². The summed E-state index contributed by atoms with van der Waals surface area (Å²) in [5.74, 6) is 0.118. The monoisotopic (exact) mass is 583 g/mol. The number of carbonyl (C=O) groups is 2. The lowest BCUT2D eigenvalue weighted by molar-refractivity contribution is -0.140. The van der Waals surface area contributed by atoms with Crippen molar-refractivity contribution in [2.45, 2.75) is 51.2 Å². The number of aryl methyl sites for hydroxylation is 1. The second-order valence-corrected chi connectivity index (χ2v) is 10.3. The molecule has 1 aliphatic carbocycles. The van der Waals surface area contributed by atoms with Crippen LogP contribution in [0.2, 0.25) is 0 Å². The molecule has 14 heteroatoms. The minimum atomic E-state index is -4.63. The highest BCUT2D eigenvalue weighted by Gasteiger charge is 2.37. The Morgan fingerprint density at radius 3 is 2.71 bits per heavy atom. The molecule has 1 aromatic carbocycles. The molecule has 42 heavy (non-hydrogen) atoms. The SMILES string of the molecule is CCc1cc(Nc2nccn3c(-c4c[nH]nc4C(F)(F)F)cnc23)ccc1C(=O)NCCCNC(=O)[C@@H]1CC[C@H](N)C1. The van der Waals surface area contributed by atoms with E-state index in [4.69, 9.17) is 5.73 Å². The summed E-state index contributed by atoms with van der Waals surface area (Å²) in [5, 5.41) is 14.6. The van der Waals surface area contributed by atoms with Gasteiger partial charge in [0, 0.05) is 54.9 Å². The quantitative estimate of drug-likeness (QED) is 0.178. The second-order valence-electron chi connectivity index (χ2n) is 10.3. The van der Waals surface area contributed by atoms with Crippen LogP contribution in [-0.4, -0.2) is 55.5 Å². The molecule has 0 spiro atoms. The maximum atomic E-state index is 13.4. The molecule has 2 amide bonds. The summed E-state index contributed by atoms with van der Waals surface area (Å²) in [5.41, 5.74) is 7.22. The van der Waals surface area contributed by atoms with Gasteiger partial charge in [-0.05, 0) is 55.9 Å². The molecule has 5 rings (SSSR count). The van der Waals surface area contributed by atoms with Gasteiger partial charge < -0.3 is 21.7 Å². The highest BCUT2D eigenvalue weighted by Crippen LogP contribution is 2.36. The van der Waals surface area contributed by atoms with Gasteiger partial charge in [0.05, 0.1) is 17.5 Å². The zero-order valence-electron chi connectivity index (χ0n) is 23.0. The largest absolute Gasteiger partial charge is 0.435 e. The Morgan fingerprint density at radius 1 is 1.17 bits per heavy atom. The third-order valence-corrected chi connectivity index (χ3v) is 7.39. The maximum Gasteiger partial charge on any atom is 0.435 e. The molecule has 4 aromatic rings. The molecule has 3 aromatic heterocycles. The number of hydrogen-bond acceptors (Lipinski definition) is 7. The number of rotatable bonds is 10. The Kier molecular flexibility index (Phi) is 8.43. The number of hydrogen-bond donors (Lipinski definition) is 5. The van der Waals surface area contributed by atoms with E-state index >= 15 is 0 Å². The van der Waals surface area contributed by atoms with Crippen molar-refractivity contribution in [2.24, 2.45) is 11.7 Å². The Bertz CT molecular complexity index is 1580. The number of fused-ring (bicyclic) bond motifs is 1. The first-order valence-electron chi connectivity index (χ1n) is 13.8. The number of aromatic nitrogens is 5. The molecule has 0 radical (unpaired) electrons. The number of nitrogens with two attached hydrogens (primary N) is 1. The lowest BCUT2D eigenvalue weighted by Crippen LogP contribution is -2.33. The smallest absolute Gasteiger partial charge is 0.356 e. The third-order valence-electron chi connectivity index (χ3n) is 7.39. The van der Waals surface area contributed by atoms with Gasteiger partial charge in [-0.15, -0.1) is 0 Å². The van der Waals surface area contributed by atoms with Gasteiger partial charge in [0.15, 0.2) is 17.2 Å². The molecule has 2 atom stereocenters. The fraction of sp³-hybridized carbons (Fsp3) is 0.393. The van der Waals surface area contributed by atoms with Crippen molar-refractivity contribution >= 4 is 29.0 Å². The summed E-state index contributed by atoms with van der Waals surface area (Å²) in [6.07, 6.45) is 4.47. The maximum absolute atomic E-state index is 13.4. The Labute approximate surface area is 239 Å². The van der Waals surface area contributed by atoms with Gasteiger partial charge >= 0.3 is 6.18 Å². The summed E-state index contributed by atoms with van der Waals surface area (Å²) in [6.45, 7) is 2.82. The first-order valence-corrected chi connectivity index (χ1v) is 13.8. The van der Waals surface area contributed by atoms with Crippen molar-refractivity contribution in [3.05, 3.63) is 59.8 Å². The Morgan fingerprint density at radius 2 is 1.98 bits per heavy atom. The van der Waals surface area contributed by atoms with E-state index in [2.05, 4.69) is 36.1 Å². The summed E-state index contributed by atoms with van der Waals surface area (Å²) >= 11 is 0. The van der Waals surface area contributed by atoms with E-state index in [1.54, 1.807) is 12.1 Å². The number of nitrogens with zero attached hydrogens (tertiary/aromatic N) is 4. The van der Waals surface area contributed by atoms with Gasteiger partial charge in [0.25, 0.3) is 5.91 Å². The molecule has 1 aliphatic rings. The van der Waals surface area contributed by atoms with Crippen molar-refractivity contribution < 1.29 is 22.8 Å². The molecule has 6 N–H and O–H groups in total. The number of benzene rings is 1. The average Bonchev–Trinajstić information content (AvgIpc) is 3.72. The number of amides is 2. The fourth-order valence-electron chi connectivity index (χ4n) is 5.23. The van der Waals surface area contributed by atoms with Gasteiger partial charge in [-0.1, -0.05) is 6.92 Å². The minimum Gasteiger partial charge on any atom is -0.356 e. The van der Waals surface area contributed by atoms with Crippen LogP contribution in [-0.2, 0) is 17.4 Å². The van der Waals surface area contributed by atoms with Gasteiger partial charge in [0.1, 0.15) is 0 Å². The first-order chi connectivity index (χ1) is 20.2. The van der Waals surface area contributed by atoms with E-state index < -0.39 is 11.9 Å². The molecule has 222 valence electrons. The molecule has 0 saturated heterocycles. The number of H-pyrrole nitrogens is 1. The van der Waals surface area contributed by atoms with E-state index in [1.165, 1.54) is 29.2 Å². The van der Waals surface area contributed by atoms with Crippen LogP contribution >= 0.6 is 0 Å². The summed E-state index contributed by atoms with van der Waals surface area (Å²) < 4.78 is 41.7. The number of halogens is 3. The Balaban J connectivity index is 1.22. The van der Waals surface area contributed by atoms with Crippen LogP contribution in [0.1, 0.15) is 54.2 Å². The highest BCUT2D eigenvalue weighted by molar-refractivity contribution is 5.96. The average molecular weight is 584 g/mol. The molecule has 0 aliphatic heterocycles. The molecule has 1 fully saturated rings. The number of anilines is 2. The highest BCUT2D eigenvalue weighted by atomic mass is 19.4.